The smallest absolute Gasteiger partial charge is 0.315 e. The van der Waals surface area contributed by atoms with E-state index in [9.17, 15) is 9.18 Å². The molecule has 0 saturated carbocycles. The van der Waals surface area contributed by atoms with E-state index >= 15 is 0 Å². The summed E-state index contributed by atoms with van der Waals surface area (Å²) in [6, 6.07) is 5.58. The van der Waals surface area contributed by atoms with E-state index in [2.05, 4.69) is 10.6 Å². The largest absolute Gasteiger partial charge is 0.494 e. The van der Waals surface area contributed by atoms with Crippen LogP contribution in [0.4, 0.5) is 9.18 Å². The maximum absolute atomic E-state index is 12.7. The van der Waals surface area contributed by atoms with E-state index in [1.54, 1.807) is 19.2 Å². The van der Waals surface area contributed by atoms with E-state index in [4.69, 9.17) is 9.47 Å². The van der Waals surface area contributed by atoms with E-state index in [1.165, 1.54) is 12.1 Å². The van der Waals surface area contributed by atoms with Crippen LogP contribution in [0.15, 0.2) is 24.3 Å². The minimum Gasteiger partial charge on any atom is -0.494 e. The molecule has 2 amide bonds. The number of hydrogen-bond donors (Lipinski definition) is 2. The molecule has 0 aliphatic heterocycles. The van der Waals surface area contributed by atoms with Crippen LogP contribution in [0, 0.1) is 5.82 Å². The molecule has 1 rings (SSSR count). The first-order chi connectivity index (χ1) is 9.61. The van der Waals surface area contributed by atoms with Crippen LogP contribution < -0.4 is 15.4 Å². The first-order valence-electron chi connectivity index (χ1n) is 6.53. The third kappa shape index (κ3) is 6.94. The van der Waals surface area contributed by atoms with E-state index in [0.717, 1.165) is 0 Å². The molecule has 1 atom stereocenters. The second-order valence-corrected chi connectivity index (χ2v) is 4.41. The summed E-state index contributed by atoms with van der Waals surface area (Å²) in [6.07, 6.45) is 0.670. The number of carbonyl (C=O) groups is 1. The minimum atomic E-state index is -0.291. The Kier molecular flexibility index (Phi) is 7.42. The highest BCUT2D eigenvalue weighted by Crippen LogP contribution is 2.10. The molecule has 5 nitrogen and oxygen atoms in total. The summed E-state index contributed by atoms with van der Waals surface area (Å²) in [4.78, 5) is 11.4. The van der Waals surface area contributed by atoms with Gasteiger partial charge in [-0.25, -0.2) is 9.18 Å². The van der Waals surface area contributed by atoms with Crippen molar-refractivity contribution in [2.75, 3.05) is 26.9 Å². The molecule has 0 aliphatic rings. The molecular weight excluding hydrogens is 263 g/mol. The van der Waals surface area contributed by atoms with Gasteiger partial charge in [-0.15, -0.1) is 0 Å². The van der Waals surface area contributed by atoms with Crippen molar-refractivity contribution in [1.82, 2.24) is 10.6 Å². The number of urea groups is 1. The van der Waals surface area contributed by atoms with Crippen molar-refractivity contribution in [3.8, 4) is 5.75 Å². The summed E-state index contributed by atoms with van der Waals surface area (Å²) in [5.74, 6) is 0.324. The lowest BCUT2D eigenvalue weighted by Gasteiger charge is -2.13. The third-order valence-electron chi connectivity index (χ3n) is 2.48. The van der Waals surface area contributed by atoms with Gasteiger partial charge in [0, 0.05) is 13.7 Å². The molecule has 0 saturated heterocycles. The van der Waals surface area contributed by atoms with Gasteiger partial charge in [0.25, 0.3) is 0 Å². The summed E-state index contributed by atoms with van der Waals surface area (Å²) >= 11 is 0. The first-order valence-corrected chi connectivity index (χ1v) is 6.53. The summed E-state index contributed by atoms with van der Waals surface area (Å²) in [5, 5.41) is 5.46. The summed E-state index contributed by atoms with van der Waals surface area (Å²) in [5.41, 5.74) is 0. The van der Waals surface area contributed by atoms with Gasteiger partial charge in [0.1, 0.15) is 11.6 Å². The second kappa shape index (κ2) is 9.14. The Morgan fingerprint density at radius 3 is 2.70 bits per heavy atom. The molecule has 0 unspecified atom stereocenters. The zero-order valence-electron chi connectivity index (χ0n) is 11.8. The average molecular weight is 284 g/mol. The number of ether oxygens (including phenoxy) is 2. The van der Waals surface area contributed by atoms with E-state index < -0.39 is 0 Å². The van der Waals surface area contributed by atoms with Crippen molar-refractivity contribution < 1.29 is 18.7 Å². The Labute approximate surface area is 118 Å². The monoisotopic (exact) mass is 284 g/mol. The van der Waals surface area contributed by atoms with Gasteiger partial charge >= 0.3 is 6.03 Å². The fraction of sp³-hybridized carbons (Fsp3) is 0.500. The lowest BCUT2D eigenvalue weighted by Crippen LogP contribution is -2.43. The van der Waals surface area contributed by atoms with Gasteiger partial charge in [-0.1, -0.05) is 0 Å². The normalized spacial score (nSPS) is 11.8. The standard InChI is InChI=1S/C14H21FN2O3/c1-11(10-19-2)17-14(18)16-8-3-9-20-13-6-4-12(15)5-7-13/h4-7,11H,3,8-10H2,1-2H3,(H2,16,17,18)/t11-/m1/s1. The van der Waals surface area contributed by atoms with Crippen LogP contribution in [0.3, 0.4) is 0 Å². The van der Waals surface area contributed by atoms with Crippen molar-refractivity contribution in [2.45, 2.75) is 19.4 Å². The summed E-state index contributed by atoms with van der Waals surface area (Å²) in [7, 11) is 1.59. The van der Waals surface area contributed by atoms with E-state index in [0.29, 0.717) is 31.9 Å². The fourth-order valence-electron chi connectivity index (χ4n) is 1.56. The van der Waals surface area contributed by atoms with Gasteiger partial charge in [-0.05, 0) is 37.6 Å². The molecule has 1 aromatic rings. The van der Waals surface area contributed by atoms with Gasteiger partial charge in [-0.2, -0.15) is 0 Å². The lowest BCUT2D eigenvalue weighted by molar-refractivity contribution is 0.171. The predicted octanol–water partition coefficient (Wildman–Crippen LogP) is 1.93. The third-order valence-corrected chi connectivity index (χ3v) is 2.48. The second-order valence-electron chi connectivity index (χ2n) is 4.41. The van der Waals surface area contributed by atoms with Crippen molar-refractivity contribution in [3.05, 3.63) is 30.1 Å². The SMILES string of the molecule is COC[C@@H](C)NC(=O)NCCCOc1ccc(F)cc1. The lowest BCUT2D eigenvalue weighted by atomic mass is 10.3. The minimum absolute atomic E-state index is 0.0320. The maximum atomic E-state index is 12.7. The van der Waals surface area contributed by atoms with E-state index in [1.807, 2.05) is 6.92 Å². The Bertz CT molecular complexity index is 398. The number of rotatable bonds is 8. The molecule has 0 bridgehead atoms. The van der Waals surface area contributed by atoms with Crippen LogP contribution >= 0.6 is 0 Å². The van der Waals surface area contributed by atoms with Crippen LogP contribution in [0.1, 0.15) is 13.3 Å². The number of benzene rings is 1. The molecule has 0 fully saturated rings. The number of amides is 2. The van der Waals surface area contributed by atoms with Crippen LogP contribution in [-0.4, -0.2) is 38.9 Å². The summed E-state index contributed by atoms with van der Waals surface area (Å²) in [6.45, 7) is 3.30. The Morgan fingerprint density at radius 1 is 1.35 bits per heavy atom. The van der Waals surface area contributed by atoms with Crippen LogP contribution in [0.25, 0.3) is 0 Å². The predicted molar refractivity (Wildman–Crippen MR) is 74.4 cm³/mol. The number of hydrogen-bond acceptors (Lipinski definition) is 3. The Balaban J connectivity index is 2.07. The van der Waals surface area contributed by atoms with Gasteiger partial charge in [-0.3, -0.25) is 0 Å². The molecule has 0 heterocycles. The fourth-order valence-corrected chi connectivity index (χ4v) is 1.56. The highest BCUT2D eigenvalue weighted by Gasteiger charge is 2.05. The molecule has 0 spiro atoms. The molecule has 20 heavy (non-hydrogen) atoms. The topological polar surface area (TPSA) is 59.6 Å². The molecule has 2 N–H and O–H groups in total. The molecule has 1 aromatic carbocycles. The van der Waals surface area contributed by atoms with Gasteiger partial charge in [0.15, 0.2) is 0 Å². The molecule has 0 radical (unpaired) electrons. The maximum Gasteiger partial charge on any atom is 0.315 e. The molecule has 0 aromatic heterocycles. The van der Waals surface area contributed by atoms with Crippen LogP contribution in [0.5, 0.6) is 5.75 Å². The molecular formula is C14H21FN2O3. The Morgan fingerprint density at radius 2 is 2.05 bits per heavy atom. The van der Waals surface area contributed by atoms with Gasteiger partial charge in [0.05, 0.1) is 19.3 Å². The average Bonchev–Trinajstić information content (AvgIpc) is 2.40. The van der Waals surface area contributed by atoms with Gasteiger partial charge < -0.3 is 20.1 Å². The Hall–Kier alpha value is -1.82. The first kappa shape index (κ1) is 16.2. The van der Waals surface area contributed by atoms with Crippen molar-refractivity contribution in [2.24, 2.45) is 0 Å². The number of nitrogens with one attached hydrogen (secondary N) is 2. The molecule has 0 aliphatic carbocycles. The van der Waals surface area contributed by atoms with Crippen LogP contribution in [0.2, 0.25) is 0 Å². The number of carbonyl (C=O) groups excluding carboxylic acids is 1. The quantitative estimate of drug-likeness (QED) is 0.717. The molecule has 112 valence electrons. The zero-order chi connectivity index (χ0) is 14.8. The van der Waals surface area contributed by atoms with E-state index in [-0.39, 0.29) is 17.9 Å². The number of halogens is 1. The van der Waals surface area contributed by atoms with Crippen molar-refractivity contribution in [3.63, 3.8) is 0 Å². The number of methoxy groups -OCH3 is 1. The van der Waals surface area contributed by atoms with Crippen molar-refractivity contribution in [1.29, 1.82) is 0 Å². The highest BCUT2D eigenvalue weighted by atomic mass is 19.1. The summed E-state index contributed by atoms with van der Waals surface area (Å²) < 4.78 is 23.0. The zero-order valence-corrected chi connectivity index (χ0v) is 11.8. The van der Waals surface area contributed by atoms with Gasteiger partial charge in [0.2, 0.25) is 0 Å². The highest BCUT2D eigenvalue weighted by molar-refractivity contribution is 5.74. The van der Waals surface area contributed by atoms with Crippen molar-refractivity contribution >= 4 is 6.03 Å². The van der Waals surface area contributed by atoms with Crippen LogP contribution in [-0.2, 0) is 4.74 Å². The molecule has 6 heteroatoms.